The van der Waals surface area contributed by atoms with Crippen LogP contribution >= 0.6 is 0 Å². The molecule has 2 aromatic rings. The fourth-order valence-electron chi connectivity index (χ4n) is 4.52. The minimum absolute atomic E-state index is 0.0763. The minimum Gasteiger partial charge on any atom is -0.386 e. The van der Waals surface area contributed by atoms with Gasteiger partial charge >= 0.3 is 0 Å². The van der Waals surface area contributed by atoms with Gasteiger partial charge in [-0.15, -0.1) is 0 Å². The fraction of sp³-hybridized carbons (Fsp3) is 0.286. The molecule has 0 bridgehead atoms. The van der Waals surface area contributed by atoms with E-state index in [-0.39, 0.29) is 5.84 Å². The van der Waals surface area contributed by atoms with Gasteiger partial charge in [-0.2, -0.15) is 10.5 Å². The standard InChI is InChI=1S/C21H18N4O2/c1-26-21(27-2)20(13-23)17(19(20,12-22)18(24)25-21)16-10-8-15(9-11-16)14-6-4-3-5-7-14/h3-11,17H,1-2H3,(H2,24,25). The molecule has 0 aromatic heterocycles. The summed E-state index contributed by atoms with van der Waals surface area (Å²) >= 11 is 0. The number of nitriles is 2. The van der Waals surface area contributed by atoms with Crippen LogP contribution in [0, 0.1) is 33.5 Å². The Morgan fingerprint density at radius 2 is 1.52 bits per heavy atom. The molecule has 2 aliphatic rings. The first-order chi connectivity index (χ1) is 13.1. The lowest BCUT2D eigenvalue weighted by Gasteiger charge is -2.29. The van der Waals surface area contributed by atoms with Crippen LogP contribution in [0.15, 0.2) is 59.6 Å². The van der Waals surface area contributed by atoms with E-state index in [1.807, 2.05) is 54.6 Å². The number of rotatable bonds is 4. The topological polar surface area (TPSA) is 104 Å². The van der Waals surface area contributed by atoms with Crippen molar-refractivity contribution in [3.63, 3.8) is 0 Å². The third kappa shape index (κ3) is 1.81. The number of nitrogens with two attached hydrogens (primary N) is 1. The number of methoxy groups -OCH3 is 2. The maximum atomic E-state index is 10.1. The molecule has 0 radical (unpaired) electrons. The van der Waals surface area contributed by atoms with E-state index in [9.17, 15) is 10.5 Å². The molecule has 1 aliphatic carbocycles. The second-order valence-corrected chi connectivity index (χ2v) is 6.75. The average Bonchev–Trinajstić information content (AvgIpc) is 3.31. The van der Waals surface area contributed by atoms with Crippen molar-refractivity contribution in [1.82, 2.24) is 0 Å². The van der Waals surface area contributed by atoms with Crippen molar-refractivity contribution in [2.45, 2.75) is 11.8 Å². The molecule has 134 valence electrons. The number of benzene rings is 2. The number of hydrogen-bond donors (Lipinski definition) is 1. The van der Waals surface area contributed by atoms with E-state index in [2.05, 4.69) is 17.1 Å². The average molecular weight is 358 g/mol. The van der Waals surface area contributed by atoms with Crippen LogP contribution < -0.4 is 5.73 Å². The van der Waals surface area contributed by atoms with Gasteiger partial charge < -0.3 is 15.2 Å². The molecule has 6 heteroatoms. The molecule has 27 heavy (non-hydrogen) atoms. The summed E-state index contributed by atoms with van der Waals surface area (Å²) in [7, 11) is 2.81. The predicted octanol–water partition coefficient (Wildman–Crippen LogP) is 2.79. The van der Waals surface area contributed by atoms with E-state index < -0.39 is 22.7 Å². The number of hydrogen-bond acceptors (Lipinski definition) is 6. The predicted molar refractivity (Wildman–Crippen MR) is 99.1 cm³/mol. The van der Waals surface area contributed by atoms with E-state index in [1.54, 1.807) is 0 Å². The maximum Gasteiger partial charge on any atom is 0.292 e. The van der Waals surface area contributed by atoms with Crippen molar-refractivity contribution in [2.75, 3.05) is 14.2 Å². The lowest BCUT2D eigenvalue weighted by molar-refractivity contribution is -0.230. The molecule has 3 unspecified atom stereocenters. The smallest absolute Gasteiger partial charge is 0.292 e. The molecule has 0 saturated heterocycles. The maximum absolute atomic E-state index is 10.1. The summed E-state index contributed by atoms with van der Waals surface area (Å²) in [6.07, 6.45) is 0. The monoisotopic (exact) mass is 358 g/mol. The molecule has 1 aliphatic heterocycles. The van der Waals surface area contributed by atoms with Gasteiger partial charge in [0.25, 0.3) is 5.91 Å². The Morgan fingerprint density at radius 1 is 0.926 bits per heavy atom. The Bertz CT molecular complexity index is 999. The number of amidine groups is 1. The van der Waals surface area contributed by atoms with Gasteiger partial charge in [-0.3, -0.25) is 0 Å². The minimum atomic E-state index is -1.59. The Kier molecular flexibility index (Phi) is 3.61. The van der Waals surface area contributed by atoms with E-state index in [0.29, 0.717) is 0 Å². The fourth-order valence-corrected chi connectivity index (χ4v) is 4.52. The second-order valence-electron chi connectivity index (χ2n) is 6.75. The van der Waals surface area contributed by atoms with Crippen LogP contribution in [0.25, 0.3) is 11.1 Å². The zero-order chi connectivity index (χ0) is 19.3. The molecular weight excluding hydrogens is 340 g/mol. The van der Waals surface area contributed by atoms with Crippen molar-refractivity contribution in [3.05, 3.63) is 60.2 Å². The Morgan fingerprint density at radius 3 is 2.04 bits per heavy atom. The summed E-state index contributed by atoms with van der Waals surface area (Å²) in [4.78, 5) is 4.22. The molecular formula is C21H18N4O2. The summed E-state index contributed by atoms with van der Waals surface area (Å²) in [5, 5.41) is 20.0. The Hall–Kier alpha value is -3.19. The van der Waals surface area contributed by atoms with Crippen LogP contribution in [0.5, 0.6) is 0 Å². The lowest BCUT2D eigenvalue weighted by Crippen LogP contribution is -2.41. The normalized spacial score (nSPS) is 29.9. The van der Waals surface area contributed by atoms with Crippen LogP contribution in [0.4, 0.5) is 0 Å². The molecule has 0 amide bonds. The Labute approximate surface area is 157 Å². The molecule has 1 saturated carbocycles. The van der Waals surface area contributed by atoms with Gasteiger partial charge in [0, 0.05) is 20.1 Å². The second kappa shape index (κ2) is 5.65. The highest BCUT2D eigenvalue weighted by Crippen LogP contribution is 2.81. The van der Waals surface area contributed by atoms with Crippen LogP contribution in [0.2, 0.25) is 0 Å². The van der Waals surface area contributed by atoms with E-state index >= 15 is 0 Å². The molecule has 1 fully saturated rings. The molecule has 3 atom stereocenters. The number of nitrogens with zero attached hydrogens (tertiary/aromatic N) is 3. The summed E-state index contributed by atoms with van der Waals surface area (Å²) in [6.45, 7) is 0. The number of aliphatic imine (C=N–C) groups is 1. The molecule has 4 rings (SSSR count). The summed E-state index contributed by atoms with van der Waals surface area (Å²) in [6, 6.07) is 22.3. The van der Waals surface area contributed by atoms with Crippen molar-refractivity contribution >= 4 is 5.84 Å². The van der Waals surface area contributed by atoms with Gasteiger partial charge in [-0.05, 0) is 16.7 Å². The van der Waals surface area contributed by atoms with Crippen molar-refractivity contribution in [3.8, 4) is 23.3 Å². The summed E-state index contributed by atoms with van der Waals surface area (Å²) < 4.78 is 10.9. The largest absolute Gasteiger partial charge is 0.386 e. The van der Waals surface area contributed by atoms with Crippen molar-refractivity contribution in [1.29, 1.82) is 10.5 Å². The quantitative estimate of drug-likeness (QED) is 0.846. The van der Waals surface area contributed by atoms with Gasteiger partial charge in [-0.25, -0.2) is 4.99 Å². The van der Waals surface area contributed by atoms with Gasteiger partial charge in [-0.1, -0.05) is 54.6 Å². The summed E-state index contributed by atoms with van der Waals surface area (Å²) in [5.74, 6) is -2.00. The number of fused-ring (bicyclic) bond motifs is 1. The Balaban J connectivity index is 1.81. The first-order valence-corrected chi connectivity index (χ1v) is 8.51. The highest BCUT2D eigenvalue weighted by Gasteiger charge is 2.93. The first-order valence-electron chi connectivity index (χ1n) is 8.51. The van der Waals surface area contributed by atoms with Crippen LogP contribution in [-0.4, -0.2) is 26.0 Å². The van der Waals surface area contributed by atoms with Gasteiger partial charge in [0.15, 0.2) is 5.41 Å². The molecule has 6 nitrogen and oxygen atoms in total. The SMILES string of the molecule is COC1(OC)N=C(N)C2(C#N)C(c3ccc(-c4ccccc4)cc3)C12C#N. The number of ether oxygens (including phenoxy) is 2. The van der Waals surface area contributed by atoms with Crippen LogP contribution in [0.3, 0.4) is 0 Å². The summed E-state index contributed by atoms with van der Waals surface area (Å²) in [5.41, 5.74) is 6.50. The van der Waals surface area contributed by atoms with Gasteiger partial charge in [0.2, 0.25) is 0 Å². The van der Waals surface area contributed by atoms with Gasteiger partial charge in [0.05, 0.1) is 12.1 Å². The lowest BCUT2D eigenvalue weighted by atomic mass is 9.93. The van der Waals surface area contributed by atoms with Gasteiger partial charge in [0.1, 0.15) is 11.3 Å². The van der Waals surface area contributed by atoms with E-state index in [0.717, 1.165) is 16.7 Å². The third-order valence-corrected chi connectivity index (χ3v) is 5.83. The van der Waals surface area contributed by atoms with Crippen LogP contribution in [-0.2, 0) is 9.47 Å². The van der Waals surface area contributed by atoms with Crippen molar-refractivity contribution < 1.29 is 9.47 Å². The molecule has 0 spiro atoms. The first kappa shape index (κ1) is 17.2. The molecule has 2 N–H and O–H groups in total. The highest BCUT2D eigenvalue weighted by atomic mass is 16.7. The zero-order valence-electron chi connectivity index (χ0n) is 15.0. The third-order valence-electron chi connectivity index (χ3n) is 5.83. The molecule has 2 aromatic carbocycles. The molecule has 1 heterocycles. The highest BCUT2D eigenvalue weighted by molar-refractivity contribution is 6.00. The van der Waals surface area contributed by atoms with E-state index in [4.69, 9.17) is 15.2 Å². The van der Waals surface area contributed by atoms with E-state index in [1.165, 1.54) is 14.2 Å². The van der Waals surface area contributed by atoms with Crippen molar-refractivity contribution in [2.24, 2.45) is 21.6 Å². The van der Waals surface area contributed by atoms with Crippen LogP contribution in [0.1, 0.15) is 11.5 Å². The zero-order valence-corrected chi connectivity index (χ0v) is 15.0.